The molecular formula is C17H37O7P. The first kappa shape index (κ1) is 24.7. The van der Waals surface area contributed by atoms with Crippen LogP contribution in [0, 0.1) is 0 Å². The monoisotopic (exact) mass is 384 g/mol. The van der Waals surface area contributed by atoms with Crippen molar-refractivity contribution in [1.82, 2.24) is 0 Å². The molecule has 0 aliphatic carbocycles. The van der Waals surface area contributed by atoms with Crippen molar-refractivity contribution in [1.29, 1.82) is 0 Å². The Balaban J connectivity index is 4.33. The molecule has 0 saturated heterocycles. The van der Waals surface area contributed by atoms with Gasteiger partial charge in [-0.3, -0.25) is 0 Å². The second-order valence-corrected chi connectivity index (χ2v) is 12.8. The average molecular weight is 384 g/mol. The number of hydrogen-bond acceptors (Lipinski definition) is 7. The summed E-state index contributed by atoms with van der Waals surface area (Å²) in [5, 5.41) is 0. The molecule has 7 nitrogen and oxygen atoms in total. The van der Waals surface area contributed by atoms with E-state index in [1.807, 2.05) is 6.92 Å². The first-order valence-corrected chi connectivity index (χ1v) is 12.2. The zero-order chi connectivity index (χ0) is 19.0. The Hall–Kier alpha value is -0.300. The quantitative estimate of drug-likeness (QED) is 0.281. The van der Waals surface area contributed by atoms with E-state index in [-0.39, 0.29) is 12.4 Å². The molecule has 0 aromatic rings. The number of hydrogen-bond donors (Lipinski definition) is 0. The molecule has 0 atom stereocenters. The van der Waals surface area contributed by atoms with Crippen molar-refractivity contribution in [2.75, 3.05) is 92.7 Å². The summed E-state index contributed by atoms with van der Waals surface area (Å²) in [5.41, 5.74) is 0. The first-order valence-electron chi connectivity index (χ1n) is 8.80. The van der Waals surface area contributed by atoms with Crippen LogP contribution in [0.15, 0.2) is 0 Å². The molecule has 0 spiro atoms. The Labute approximate surface area is 152 Å². The minimum absolute atomic E-state index is 0.230. The van der Waals surface area contributed by atoms with E-state index >= 15 is 0 Å². The molecule has 0 bridgehead atoms. The van der Waals surface area contributed by atoms with Crippen molar-refractivity contribution >= 4 is 12.8 Å². The van der Waals surface area contributed by atoms with E-state index in [0.29, 0.717) is 65.2 Å². The Bertz CT molecular complexity index is 350. The Morgan fingerprint density at radius 3 is 1.96 bits per heavy atom. The summed E-state index contributed by atoms with van der Waals surface area (Å²) < 4.78 is 32.3. The standard InChI is InChI=1S/C17H37O7P/c1-6-21-11-12-22-8-7-17(18)24-25(4,5,15-13-20-3)16-14-23-10-9-19-2/h6-16H2,1-5H3. The number of ether oxygens (including phenoxy) is 5. The van der Waals surface area contributed by atoms with E-state index in [0.717, 1.165) is 0 Å². The van der Waals surface area contributed by atoms with E-state index in [2.05, 4.69) is 13.3 Å². The molecule has 152 valence electrons. The van der Waals surface area contributed by atoms with Crippen molar-refractivity contribution in [3.8, 4) is 0 Å². The maximum atomic E-state index is 12.2. The van der Waals surface area contributed by atoms with Gasteiger partial charge in [-0.15, -0.1) is 0 Å². The Morgan fingerprint density at radius 2 is 1.32 bits per heavy atom. The predicted octanol–water partition coefficient (Wildman–Crippen LogP) is 2.01. The summed E-state index contributed by atoms with van der Waals surface area (Å²) in [6, 6.07) is 0. The van der Waals surface area contributed by atoms with Gasteiger partial charge in [0.15, 0.2) is 0 Å². The van der Waals surface area contributed by atoms with E-state index in [4.69, 9.17) is 28.2 Å². The van der Waals surface area contributed by atoms with Gasteiger partial charge < -0.3 is 0 Å². The molecule has 0 aromatic heterocycles. The van der Waals surface area contributed by atoms with Crippen LogP contribution >= 0.6 is 6.83 Å². The summed E-state index contributed by atoms with van der Waals surface area (Å²) in [4.78, 5) is 12.2. The minimum atomic E-state index is -2.68. The second kappa shape index (κ2) is 13.8. The molecule has 0 amide bonds. The van der Waals surface area contributed by atoms with Crippen LogP contribution in [0.3, 0.4) is 0 Å². The van der Waals surface area contributed by atoms with Gasteiger partial charge in [0.05, 0.1) is 0 Å². The molecule has 0 unspecified atom stereocenters. The maximum absolute atomic E-state index is 12.2. The number of rotatable bonds is 17. The van der Waals surface area contributed by atoms with Gasteiger partial charge in [-0.25, -0.2) is 0 Å². The van der Waals surface area contributed by atoms with E-state index in [1.54, 1.807) is 14.2 Å². The molecule has 0 aliphatic heterocycles. The van der Waals surface area contributed by atoms with Crippen LogP contribution in [0.5, 0.6) is 0 Å². The predicted molar refractivity (Wildman–Crippen MR) is 101 cm³/mol. The van der Waals surface area contributed by atoms with Gasteiger partial charge in [-0.2, -0.15) is 0 Å². The van der Waals surface area contributed by atoms with Crippen LogP contribution in [0.4, 0.5) is 0 Å². The van der Waals surface area contributed by atoms with E-state index in [9.17, 15) is 4.79 Å². The second-order valence-electron chi connectivity index (χ2n) is 6.63. The SMILES string of the molecule is CCOCCOCCC(=O)OP(C)(C)(CCOC)CCOCCOC. The zero-order valence-corrected chi connectivity index (χ0v) is 17.5. The van der Waals surface area contributed by atoms with Gasteiger partial charge in [0.2, 0.25) is 0 Å². The summed E-state index contributed by atoms with van der Waals surface area (Å²) >= 11 is 0. The molecule has 0 fully saturated rings. The summed E-state index contributed by atoms with van der Waals surface area (Å²) in [5.74, 6) is -0.230. The molecule has 0 N–H and O–H groups in total. The molecule has 0 saturated carbocycles. The third-order valence-corrected chi connectivity index (χ3v) is 7.77. The van der Waals surface area contributed by atoms with Crippen LogP contribution < -0.4 is 0 Å². The zero-order valence-electron chi connectivity index (χ0n) is 16.6. The summed E-state index contributed by atoms with van der Waals surface area (Å²) in [6.07, 6.45) is 1.66. The van der Waals surface area contributed by atoms with Gasteiger partial charge in [0.1, 0.15) is 0 Å². The fourth-order valence-corrected chi connectivity index (χ4v) is 4.73. The van der Waals surface area contributed by atoms with Crippen molar-refractivity contribution in [3.05, 3.63) is 0 Å². The Morgan fingerprint density at radius 1 is 0.760 bits per heavy atom. The van der Waals surface area contributed by atoms with Crippen LogP contribution in [-0.2, 0) is 33.0 Å². The summed E-state index contributed by atoms with van der Waals surface area (Å²) in [6.45, 7) is 7.58. The fraction of sp³-hybridized carbons (Fsp3) is 0.941. The number of carbonyl (C=O) groups is 1. The van der Waals surface area contributed by atoms with Gasteiger partial charge in [-0.1, -0.05) is 0 Å². The van der Waals surface area contributed by atoms with E-state index < -0.39 is 6.83 Å². The third kappa shape index (κ3) is 13.5. The molecule has 0 radical (unpaired) electrons. The molecule has 0 aliphatic rings. The molecular weight excluding hydrogens is 347 g/mol. The summed E-state index contributed by atoms with van der Waals surface area (Å²) in [7, 11) is 3.29. The van der Waals surface area contributed by atoms with Crippen molar-refractivity contribution < 1.29 is 33.0 Å². The van der Waals surface area contributed by atoms with Crippen LogP contribution in [0.25, 0.3) is 0 Å². The topological polar surface area (TPSA) is 72.5 Å². The number of carbonyl (C=O) groups excluding carboxylic acids is 1. The fourth-order valence-electron chi connectivity index (χ4n) is 2.09. The van der Waals surface area contributed by atoms with Crippen LogP contribution in [0.2, 0.25) is 0 Å². The first-order chi connectivity index (χ1) is 11.9. The molecule has 0 aromatic carbocycles. The van der Waals surface area contributed by atoms with Crippen LogP contribution in [0.1, 0.15) is 13.3 Å². The van der Waals surface area contributed by atoms with E-state index in [1.165, 1.54) is 0 Å². The average Bonchev–Trinajstić information content (AvgIpc) is 2.56. The van der Waals surface area contributed by atoms with Crippen molar-refractivity contribution in [2.45, 2.75) is 13.3 Å². The van der Waals surface area contributed by atoms with Crippen molar-refractivity contribution in [3.63, 3.8) is 0 Å². The molecule has 25 heavy (non-hydrogen) atoms. The van der Waals surface area contributed by atoms with Gasteiger partial charge in [-0.05, 0) is 0 Å². The van der Waals surface area contributed by atoms with Gasteiger partial charge >= 0.3 is 152 Å². The third-order valence-electron chi connectivity index (χ3n) is 3.80. The van der Waals surface area contributed by atoms with Crippen LogP contribution in [-0.4, -0.2) is 98.7 Å². The molecule has 0 rings (SSSR count). The Kier molecular flexibility index (Phi) is 13.7. The molecule has 8 heteroatoms. The van der Waals surface area contributed by atoms with Gasteiger partial charge in [0, 0.05) is 0 Å². The normalized spacial score (nSPS) is 13.4. The van der Waals surface area contributed by atoms with Gasteiger partial charge in [0.25, 0.3) is 0 Å². The molecule has 0 heterocycles. The number of methoxy groups -OCH3 is 2. The van der Waals surface area contributed by atoms with Crippen molar-refractivity contribution in [2.24, 2.45) is 0 Å².